The minimum absolute atomic E-state index is 0.0399. The molecule has 0 spiro atoms. The maximum absolute atomic E-state index is 12.8. The maximum Gasteiger partial charge on any atom is 0.262 e. The lowest BCUT2D eigenvalue weighted by atomic mass is 10.1. The Bertz CT molecular complexity index is 1160. The van der Waals surface area contributed by atoms with Crippen molar-refractivity contribution in [1.82, 2.24) is 4.90 Å². The number of amides is 3. The first-order valence-corrected chi connectivity index (χ1v) is 12.7. The van der Waals surface area contributed by atoms with E-state index in [4.69, 9.17) is 0 Å². The Kier molecular flexibility index (Phi) is 7.75. The Hall–Kier alpha value is -3.33. The number of anilines is 3. The molecule has 0 radical (unpaired) electrons. The van der Waals surface area contributed by atoms with Crippen LogP contribution >= 0.6 is 11.8 Å². The predicted octanol–water partition coefficient (Wildman–Crippen LogP) is 4.13. The zero-order valence-corrected chi connectivity index (χ0v) is 21.2. The van der Waals surface area contributed by atoms with Gasteiger partial charge in [-0.25, -0.2) is 0 Å². The van der Waals surface area contributed by atoms with Gasteiger partial charge >= 0.3 is 0 Å². The predicted molar refractivity (Wildman–Crippen MR) is 142 cm³/mol. The molecule has 2 aromatic carbocycles. The monoisotopic (exact) mass is 493 g/mol. The van der Waals surface area contributed by atoms with Crippen molar-refractivity contribution in [3.8, 4) is 0 Å². The van der Waals surface area contributed by atoms with Gasteiger partial charge in [-0.05, 0) is 68.1 Å². The van der Waals surface area contributed by atoms with E-state index in [-0.39, 0.29) is 24.1 Å². The van der Waals surface area contributed by atoms with Gasteiger partial charge in [-0.15, -0.1) is 0 Å². The summed E-state index contributed by atoms with van der Waals surface area (Å²) in [5.41, 5.74) is 3.68. The molecule has 35 heavy (non-hydrogen) atoms. The maximum atomic E-state index is 12.8. The SMILES string of the molecule is Cc1cc(N(C)C)ccc1NC(=O)c1cccc(NC(=O)CC2SC(N3CCCCC3)=NC2=O)c1. The van der Waals surface area contributed by atoms with Gasteiger partial charge in [-0.3, -0.25) is 14.4 Å². The summed E-state index contributed by atoms with van der Waals surface area (Å²) in [5, 5.41) is 5.98. The molecular weight excluding hydrogens is 462 g/mol. The molecule has 0 bridgehead atoms. The number of aliphatic imine (C=N–C) groups is 1. The number of rotatable bonds is 6. The van der Waals surface area contributed by atoms with E-state index < -0.39 is 5.25 Å². The second-order valence-electron chi connectivity index (χ2n) is 9.07. The van der Waals surface area contributed by atoms with Crippen LogP contribution in [0.5, 0.6) is 0 Å². The minimum Gasteiger partial charge on any atom is -0.378 e. The molecule has 184 valence electrons. The standard InChI is InChI=1S/C26H31N5O3S/c1-17-14-20(30(2)3)10-11-21(17)28-24(33)18-8-7-9-19(15-18)27-23(32)16-22-25(34)29-26(35-22)31-12-5-4-6-13-31/h7-11,14-15,22H,4-6,12-13,16H2,1-3H3,(H,27,32)(H,28,33). The fourth-order valence-electron chi connectivity index (χ4n) is 4.11. The second-order valence-corrected chi connectivity index (χ2v) is 10.2. The number of nitrogens with one attached hydrogen (secondary N) is 2. The molecule has 1 atom stereocenters. The van der Waals surface area contributed by atoms with Gasteiger partial charge in [0.05, 0.1) is 0 Å². The third kappa shape index (κ3) is 6.22. The van der Waals surface area contributed by atoms with Crippen LogP contribution in [0, 0.1) is 6.92 Å². The molecule has 2 heterocycles. The summed E-state index contributed by atoms with van der Waals surface area (Å²) in [5.74, 6) is -0.795. The van der Waals surface area contributed by atoms with Crippen molar-refractivity contribution >= 4 is 51.7 Å². The molecule has 2 N–H and O–H groups in total. The number of piperidine rings is 1. The molecular formula is C26H31N5O3S. The number of thioether (sulfide) groups is 1. The summed E-state index contributed by atoms with van der Waals surface area (Å²) < 4.78 is 0. The Morgan fingerprint density at radius 1 is 1.09 bits per heavy atom. The Morgan fingerprint density at radius 2 is 1.86 bits per heavy atom. The van der Waals surface area contributed by atoms with E-state index in [9.17, 15) is 14.4 Å². The molecule has 2 aliphatic rings. The van der Waals surface area contributed by atoms with Gasteiger partial charge in [0, 0.05) is 56.2 Å². The van der Waals surface area contributed by atoms with E-state index in [0.717, 1.165) is 48.0 Å². The average molecular weight is 494 g/mol. The van der Waals surface area contributed by atoms with Crippen LogP contribution < -0.4 is 15.5 Å². The molecule has 9 heteroatoms. The molecule has 1 unspecified atom stereocenters. The Labute approximate surface area is 210 Å². The summed E-state index contributed by atoms with van der Waals surface area (Å²) >= 11 is 1.38. The summed E-state index contributed by atoms with van der Waals surface area (Å²) in [6, 6.07) is 12.6. The van der Waals surface area contributed by atoms with E-state index in [1.807, 2.05) is 44.1 Å². The second kappa shape index (κ2) is 10.9. The molecule has 3 amide bonds. The largest absolute Gasteiger partial charge is 0.378 e. The number of amidine groups is 1. The number of nitrogens with zero attached hydrogens (tertiary/aromatic N) is 3. The summed E-state index contributed by atoms with van der Waals surface area (Å²) in [4.78, 5) is 46.2. The first-order valence-electron chi connectivity index (χ1n) is 11.8. The topological polar surface area (TPSA) is 94.1 Å². The van der Waals surface area contributed by atoms with Crippen LogP contribution in [0.1, 0.15) is 41.6 Å². The molecule has 2 aromatic rings. The lowest BCUT2D eigenvalue weighted by Gasteiger charge is -2.27. The number of likely N-dealkylation sites (tertiary alicyclic amines) is 1. The molecule has 0 aromatic heterocycles. The summed E-state index contributed by atoms with van der Waals surface area (Å²) in [7, 11) is 3.93. The lowest BCUT2D eigenvalue weighted by molar-refractivity contribution is -0.121. The van der Waals surface area contributed by atoms with Crippen LogP contribution in [0.15, 0.2) is 47.5 Å². The first kappa shape index (κ1) is 24.8. The van der Waals surface area contributed by atoms with E-state index in [1.165, 1.54) is 18.2 Å². The molecule has 0 aliphatic carbocycles. The van der Waals surface area contributed by atoms with Crippen molar-refractivity contribution in [2.24, 2.45) is 4.99 Å². The third-order valence-corrected chi connectivity index (χ3v) is 7.32. The molecule has 8 nitrogen and oxygen atoms in total. The number of carbonyl (C=O) groups is 3. The smallest absolute Gasteiger partial charge is 0.262 e. The normalized spacial score (nSPS) is 17.7. The van der Waals surface area contributed by atoms with E-state index >= 15 is 0 Å². The molecule has 0 saturated carbocycles. The van der Waals surface area contributed by atoms with Crippen molar-refractivity contribution < 1.29 is 14.4 Å². The number of hydrogen-bond acceptors (Lipinski definition) is 6. The molecule has 4 rings (SSSR count). The van der Waals surface area contributed by atoms with Gasteiger partial charge in [-0.1, -0.05) is 17.8 Å². The van der Waals surface area contributed by atoms with Crippen LogP contribution in [0.3, 0.4) is 0 Å². The van der Waals surface area contributed by atoms with Gasteiger partial charge in [-0.2, -0.15) is 4.99 Å². The van der Waals surface area contributed by atoms with Gasteiger partial charge < -0.3 is 20.4 Å². The van der Waals surface area contributed by atoms with Crippen LogP contribution in [0.2, 0.25) is 0 Å². The fourth-order valence-corrected chi connectivity index (χ4v) is 5.23. The van der Waals surface area contributed by atoms with Gasteiger partial charge in [0.25, 0.3) is 11.8 Å². The average Bonchev–Trinajstić information content (AvgIpc) is 3.20. The molecule has 2 aliphatic heterocycles. The van der Waals surface area contributed by atoms with Crippen LogP contribution in [0.4, 0.5) is 17.1 Å². The summed E-state index contributed by atoms with van der Waals surface area (Å²) in [6.07, 6.45) is 3.44. The zero-order chi connectivity index (χ0) is 24.9. The minimum atomic E-state index is -0.508. The van der Waals surface area contributed by atoms with Crippen molar-refractivity contribution in [3.63, 3.8) is 0 Å². The number of hydrogen-bond donors (Lipinski definition) is 2. The van der Waals surface area contributed by atoms with Gasteiger partial charge in [0.2, 0.25) is 5.91 Å². The third-order valence-electron chi connectivity index (χ3n) is 6.11. The lowest BCUT2D eigenvalue weighted by Crippen LogP contribution is -2.33. The Balaban J connectivity index is 1.34. The molecule has 1 fully saturated rings. The number of carbonyl (C=O) groups excluding carboxylic acids is 3. The van der Waals surface area contributed by atoms with Crippen LogP contribution in [0.25, 0.3) is 0 Å². The van der Waals surface area contributed by atoms with E-state index in [1.54, 1.807) is 24.3 Å². The van der Waals surface area contributed by atoms with Gasteiger partial charge in [0.15, 0.2) is 5.17 Å². The summed E-state index contributed by atoms with van der Waals surface area (Å²) in [6.45, 7) is 3.76. The van der Waals surface area contributed by atoms with Crippen LogP contribution in [-0.2, 0) is 9.59 Å². The van der Waals surface area contributed by atoms with Crippen molar-refractivity contribution in [2.75, 3.05) is 42.7 Å². The number of aryl methyl sites for hydroxylation is 1. The quantitative estimate of drug-likeness (QED) is 0.629. The fraction of sp³-hybridized carbons (Fsp3) is 0.385. The zero-order valence-electron chi connectivity index (χ0n) is 20.3. The number of benzene rings is 2. The first-order chi connectivity index (χ1) is 16.8. The highest BCUT2D eigenvalue weighted by molar-refractivity contribution is 8.15. The van der Waals surface area contributed by atoms with Gasteiger partial charge in [0.1, 0.15) is 5.25 Å². The van der Waals surface area contributed by atoms with Crippen molar-refractivity contribution in [3.05, 3.63) is 53.6 Å². The van der Waals surface area contributed by atoms with E-state index in [2.05, 4.69) is 20.5 Å². The highest BCUT2D eigenvalue weighted by atomic mass is 32.2. The van der Waals surface area contributed by atoms with E-state index in [0.29, 0.717) is 11.3 Å². The Morgan fingerprint density at radius 3 is 2.57 bits per heavy atom. The molecule has 1 saturated heterocycles. The highest BCUT2D eigenvalue weighted by Crippen LogP contribution is 2.29. The van der Waals surface area contributed by atoms with Crippen LogP contribution in [-0.4, -0.2) is 60.2 Å². The van der Waals surface area contributed by atoms with Crippen molar-refractivity contribution in [2.45, 2.75) is 37.9 Å². The van der Waals surface area contributed by atoms with Crippen molar-refractivity contribution in [1.29, 1.82) is 0 Å². The highest BCUT2D eigenvalue weighted by Gasteiger charge is 2.33.